The number of thioether (sulfide) groups is 1. The van der Waals surface area contributed by atoms with Gasteiger partial charge < -0.3 is 9.73 Å². The Morgan fingerprint density at radius 3 is 2.76 bits per heavy atom. The minimum Gasteiger partial charge on any atom is -0.457 e. The Hall–Kier alpha value is -3.36. The van der Waals surface area contributed by atoms with Crippen molar-refractivity contribution in [3.63, 3.8) is 0 Å². The summed E-state index contributed by atoms with van der Waals surface area (Å²) in [5.74, 6) is 0.617. The van der Waals surface area contributed by atoms with Crippen molar-refractivity contribution in [3.05, 3.63) is 86.5 Å². The smallest absolute Gasteiger partial charge is 0.270 e. The van der Waals surface area contributed by atoms with Crippen molar-refractivity contribution in [3.8, 4) is 11.3 Å². The van der Waals surface area contributed by atoms with E-state index in [0.717, 1.165) is 0 Å². The molecule has 1 fully saturated rings. The third-order valence-corrected chi connectivity index (χ3v) is 5.20. The summed E-state index contributed by atoms with van der Waals surface area (Å²) in [6.07, 6.45) is 1.59. The summed E-state index contributed by atoms with van der Waals surface area (Å²) >= 11 is 7.27. The number of halogens is 1. The number of amides is 1. The average molecular weight is 426 g/mol. The molecule has 7 nitrogen and oxygen atoms in total. The highest BCUT2D eigenvalue weighted by molar-refractivity contribution is 8.18. The van der Waals surface area contributed by atoms with Crippen molar-refractivity contribution >= 4 is 51.9 Å². The van der Waals surface area contributed by atoms with E-state index >= 15 is 0 Å². The summed E-state index contributed by atoms with van der Waals surface area (Å²) in [7, 11) is 0. The van der Waals surface area contributed by atoms with Gasteiger partial charge in [-0.15, -0.1) is 0 Å². The van der Waals surface area contributed by atoms with Crippen LogP contribution in [0.1, 0.15) is 5.76 Å². The van der Waals surface area contributed by atoms with Gasteiger partial charge in [0.05, 0.1) is 20.5 Å². The summed E-state index contributed by atoms with van der Waals surface area (Å²) in [5, 5.41) is 14.5. The number of benzene rings is 2. The molecule has 1 aliphatic heterocycles. The van der Waals surface area contributed by atoms with Crippen molar-refractivity contribution in [1.29, 1.82) is 0 Å². The highest BCUT2D eigenvalue weighted by Gasteiger charge is 2.24. The van der Waals surface area contributed by atoms with Crippen LogP contribution in [0.4, 0.5) is 11.4 Å². The van der Waals surface area contributed by atoms with E-state index in [4.69, 9.17) is 16.0 Å². The van der Waals surface area contributed by atoms with Crippen LogP contribution in [0.3, 0.4) is 0 Å². The first-order chi connectivity index (χ1) is 14.0. The van der Waals surface area contributed by atoms with Crippen LogP contribution in [-0.4, -0.2) is 16.0 Å². The van der Waals surface area contributed by atoms with E-state index in [-0.39, 0.29) is 11.6 Å². The Bertz CT molecular complexity index is 1190. The molecule has 1 N–H and O–H groups in total. The fraction of sp³-hybridized carbons (Fsp3) is 0. The number of hydrogen-bond donors (Lipinski definition) is 1. The Kier molecular flexibility index (Phi) is 5.20. The fourth-order valence-corrected chi connectivity index (χ4v) is 3.61. The van der Waals surface area contributed by atoms with Gasteiger partial charge in [-0.2, -0.15) is 0 Å². The van der Waals surface area contributed by atoms with Gasteiger partial charge in [0.15, 0.2) is 5.17 Å². The van der Waals surface area contributed by atoms with E-state index in [1.807, 2.05) is 6.07 Å². The average Bonchev–Trinajstić information content (AvgIpc) is 3.31. The van der Waals surface area contributed by atoms with Crippen molar-refractivity contribution in [2.75, 3.05) is 0 Å². The van der Waals surface area contributed by atoms with Gasteiger partial charge in [-0.05, 0) is 36.0 Å². The van der Waals surface area contributed by atoms with Gasteiger partial charge in [0.25, 0.3) is 11.6 Å². The van der Waals surface area contributed by atoms with E-state index in [0.29, 0.717) is 37.9 Å². The van der Waals surface area contributed by atoms with Gasteiger partial charge in [0.2, 0.25) is 0 Å². The predicted molar refractivity (Wildman–Crippen MR) is 113 cm³/mol. The first-order valence-electron chi connectivity index (χ1n) is 8.38. The molecule has 144 valence electrons. The molecule has 2 aromatic carbocycles. The van der Waals surface area contributed by atoms with Crippen LogP contribution >= 0.6 is 23.4 Å². The number of furan rings is 1. The normalized spacial score (nSPS) is 16.4. The third-order valence-electron chi connectivity index (χ3n) is 3.97. The predicted octanol–water partition coefficient (Wildman–Crippen LogP) is 5.40. The van der Waals surface area contributed by atoms with Crippen molar-refractivity contribution in [1.82, 2.24) is 5.32 Å². The van der Waals surface area contributed by atoms with Gasteiger partial charge >= 0.3 is 0 Å². The number of hydrogen-bond acceptors (Lipinski definition) is 6. The zero-order valence-electron chi connectivity index (χ0n) is 14.7. The monoisotopic (exact) mass is 425 g/mol. The molecule has 1 amide bonds. The molecule has 0 saturated carbocycles. The molecular weight excluding hydrogens is 414 g/mol. The maximum atomic E-state index is 12.2. The lowest BCUT2D eigenvalue weighted by Crippen LogP contribution is -2.19. The number of amidine groups is 1. The van der Waals surface area contributed by atoms with E-state index in [2.05, 4.69) is 10.3 Å². The number of rotatable bonds is 4. The zero-order chi connectivity index (χ0) is 20.4. The first-order valence-corrected chi connectivity index (χ1v) is 9.58. The minimum absolute atomic E-state index is 0.0232. The number of para-hydroxylation sites is 1. The van der Waals surface area contributed by atoms with Crippen LogP contribution in [0.25, 0.3) is 17.4 Å². The van der Waals surface area contributed by atoms with Gasteiger partial charge in [-0.1, -0.05) is 35.9 Å². The highest BCUT2D eigenvalue weighted by atomic mass is 35.5. The Morgan fingerprint density at radius 1 is 1.14 bits per heavy atom. The van der Waals surface area contributed by atoms with Gasteiger partial charge in [-0.25, -0.2) is 4.99 Å². The van der Waals surface area contributed by atoms with Crippen molar-refractivity contribution < 1.29 is 14.1 Å². The number of carbonyl (C=O) groups excluding carboxylic acids is 1. The van der Waals surface area contributed by atoms with Crippen molar-refractivity contribution in [2.24, 2.45) is 4.99 Å². The molecule has 2 heterocycles. The van der Waals surface area contributed by atoms with Crippen LogP contribution in [0.5, 0.6) is 0 Å². The number of nitrogens with zero attached hydrogens (tertiary/aromatic N) is 2. The lowest BCUT2D eigenvalue weighted by Gasteiger charge is -1.98. The number of carbonyl (C=O) groups is 1. The molecule has 0 spiro atoms. The molecular formula is C20H12ClN3O4S. The molecule has 1 aliphatic rings. The SMILES string of the molecule is O=C1NC(=Nc2ccccc2Cl)S/C1=C/c1ccc(-c2cccc([N+](=O)[O-])c2)o1. The second-order valence-electron chi connectivity index (χ2n) is 5.94. The Morgan fingerprint density at radius 2 is 1.97 bits per heavy atom. The second kappa shape index (κ2) is 7.94. The molecule has 3 aromatic rings. The molecule has 0 bridgehead atoms. The van der Waals surface area contributed by atoms with Crippen LogP contribution in [-0.2, 0) is 4.79 Å². The second-order valence-corrected chi connectivity index (χ2v) is 7.38. The van der Waals surface area contributed by atoms with Gasteiger partial charge in [0.1, 0.15) is 11.5 Å². The van der Waals surface area contributed by atoms with Gasteiger partial charge in [0, 0.05) is 23.8 Å². The number of non-ortho nitro benzene ring substituents is 1. The summed E-state index contributed by atoms with van der Waals surface area (Å²) in [6, 6.07) is 16.6. The number of nitro benzene ring substituents is 1. The molecule has 0 atom stereocenters. The fourth-order valence-electron chi connectivity index (χ4n) is 2.62. The maximum Gasteiger partial charge on any atom is 0.270 e. The zero-order valence-corrected chi connectivity index (χ0v) is 16.2. The lowest BCUT2D eigenvalue weighted by molar-refractivity contribution is -0.384. The first kappa shape index (κ1) is 19.0. The Balaban J connectivity index is 1.56. The van der Waals surface area contributed by atoms with Crippen LogP contribution in [0.2, 0.25) is 5.02 Å². The van der Waals surface area contributed by atoms with E-state index < -0.39 is 4.92 Å². The van der Waals surface area contributed by atoms with E-state index in [1.54, 1.807) is 48.5 Å². The van der Waals surface area contributed by atoms with E-state index in [9.17, 15) is 14.9 Å². The number of nitrogens with one attached hydrogen (secondary N) is 1. The Labute approximate surface area is 174 Å². The summed E-state index contributed by atoms with van der Waals surface area (Å²) in [6.45, 7) is 0. The van der Waals surface area contributed by atoms with Crippen LogP contribution < -0.4 is 5.32 Å². The van der Waals surface area contributed by atoms with Crippen LogP contribution in [0, 0.1) is 10.1 Å². The van der Waals surface area contributed by atoms with Crippen LogP contribution in [0.15, 0.2) is 75.0 Å². The van der Waals surface area contributed by atoms with E-state index in [1.165, 1.54) is 23.9 Å². The third kappa shape index (κ3) is 4.23. The maximum absolute atomic E-state index is 12.2. The topological polar surface area (TPSA) is 97.7 Å². The molecule has 4 rings (SSSR count). The largest absolute Gasteiger partial charge is 0.457 e. The molecule has 0 radical (unpaired) electrons. The molecule has 0 unspecified atom stereocenters. The summed E-state index contributed by atoms with van der Waals surface area (Å²) in [5.41, 5.74) is 1.11. The summed E-state index contributed by atoms with van der Waals surface area (Å²) in [4.78, 5) is 27.5. The quantitative estimate of drug-likeness (QED) is 0.343. The molecule has 0 aliphatic carbocycles. The number of nitro groups is 1. The molecule has 1 saturated heterocycles. The molecule has 29 heavy (non-hydrogen) atoms. The van der Waals surface area contributed by atoms with Crippen molar-refractivity contribution in [2.45, 2.75) is 0 Å². The molecule has 9 heteroatoms. The van der Waals surface area contributed by atoms with Gasteiger partial charge in [-0.3, -0.25) is 14.9 Å². The number of aliphatic imine (C=N–C) groups is 1. The highest BCUT2D eigenvalue weighted by Crippen LogP contribution is 2.32. The molecule has 1 aromatic heterocycles. The summed E-state index contributed by atoms with van der Waals surface area (Å²) < 4.78 is 5.73. The standard InChI is InChI=1S/C20H12ClN3O4S/c21-15-6-1-2-7-16(15)22-20-23-19(25)18(29-20)11-14-8-9-17(28-14)12-4-3-5-13(10-12)24(26)27/h1-11H,(H,22,23,25)/b18-11+. The minimum atomic E-state index is -0.464. The lowest BCUT2D eigenvalue weighted by atomic mass is 10.1.